The highest BCUT2D eigenvalue weighted by atomic mass is 19.1. The topological polar surface area (TPSA) is 103 Å². The molecule has 3 rings (SSSR count). The molecule has 0 aliphatic heterocycles. The van der Waals surface area contributed by atoms with E-state index in [4.69, 9.17) is 10.0 Å². The maximum absolute atomic E-state index is 14.4. The summed E-state index contributed by atoms with van der Waals surface area (Å²) in [5.74, 6) is -1.85. The molecule has 1 aliphatic rings. The molecule has 0 saturated carbocycles. The average Bonchev–Trinajstić information content (AvgIpc) is 2.93. The first-order chi connectivity index (χ1) is 12.5. The van der Waals surface area contributed by atoms with Crippen molar-refractivity contribution in [2.24, 2.45) is 5.92 Å². The van der Waals surface area contributed by atoms with Crippen molar-refractivity contribution in [1.29, 1.82) is 0 Å². The Morgan fingerprint density at radius 2 is 2.15 bits per heavy atom. The minimum atomic E-state index is -1.39. The van der Waals surface area contributed by atoms with Crippen LogP contribution in [0.1, 0.15) is 29.9 Å². The molecular formula is C18H20BFN2O4. The van der Waals surface area contributed by atoms with Crippen molar-refractivity contribution < 1.29 is 24.3 Å². The molecule has 8 heteroatoms. The van der Waals surface area contributed by atoms with Crippen LogP contribution in [0.5, 0.6) is 0 Å². The predicted molar refractivity (Wildman–Crippen MR) is 95.7 cm³/mol. The highest BCUT2D eigenvalue weighted by molar-refractivity contribution is 6.40. The van der Waals surface area contributed by atoms with Gasteiger partial charge in [0.05, 0.1) is 11.6 Å². The number of rotatable bonds is 7. The molecule has 0 radical (unpaired) electrons. The third kappa shape index (κ3) is 4.03. The van der Waals surface area contributed by atoms with Crippen molar-refractivity contribution in [1.82, 2.24) is 4.98 Å². The Kier molecular flexibility index (Phi) is 5.53. The quantitative estimate of drug-likeness (QED) is 0.568. The summed E-state index contributed by atoms with van der Waals surface area (Å²) in [5.41, 5.74) is 1.49. The second-order valence-electron chi connectivity index (χ2n) is 6.56. The fourth-order valence-corrected chi connectivity index (χ4v) is 3.59. The summed E-state index contributed by atoms with van der Waals surface area (Å²) in [6.07, 6.45) is 3.28. The molecule has 0 fully saturated rings. The van der Waals surface area contributed by atoms with E-state index >= 15 is 0 Å². The summed E-state index contributed by atoms with van der Waals surface area (Å²) in [4.78, 5) is 15.9. The van der Waals surface area contributed by atoms with Crippen LogP contribution >= 0.6 is 0 Å². The first-order valence-electron chi connectivity index (χ1n) is 8.55. The van der Waals surface area contributed by atoms with Gasteiger partial charge in [-0.15, -0.1) is 0 Å². The zero-order chi connectivity index (χ0) is 18.7. The smallest absolute Gasteiger partial charge is 0.451 e. The molecule has 2 aromatic rings. The summed E-state index contributed by atoms with van der Waals surface area (Å²) in [6.45, 7) is 0. The lowest BCUT2D eigenvalue weighted by Crippen LogP contribution is -2.18. The Bertz CT molecular complexity index is 788. The van der Waals surface area contributed by atoms with E-state index in [2.05, 4.69) is 10.3 Å². The Morgan fingerprint density at radius 1 is 1.35 bits per heavy atom. The number of aromatic nitrogens is 1. The van der Waals surface area contributed by atoms with Gasteiger partial charge >= 0.3 is 13.1 Å². The Hall–Kier alpha value is -2.45. The van der Waals surface area contributed by atoms with Gasteiger partial charge in [0.1, 0.15) is 11.6 Å². The van der Waals surface area contributed by atoms with Gasteiger partial charge in [-0.05, 0) is 60.5 Å². The number of carboxylic acids is 1. The van der Waals surface area contributed by atoms with Crippen molar-refractivity contribution in [3.05, 3.63) is 53.5 Å². The summed E-state index contributed by atoms with van der Waals surface area (Å²) in [6, 6.07) is 8.16. The van der Waals surface area contributed by atoms with Gasteiger partial charge in [0.25, 0.3) is 0 Å². The lowest BCUT2D eigenvalue weighted by Gasteiger charge is -2.16. The van der Waals surface area contributed by atoms with E-state index < -0.39 is 24.8 Å². The van der Waals surface area contributed by atoms with Gasteiger partial charge in [-0.2, -0.15) is 0 Å². The number of aliphatic carboxylic acids is 1. The van der Waals surface area contributed by atoms with Crippen LogP contribution in [0, 0.1) is 11.7 Å². The number of anilines is 2. The van der Waals surface area contributed by atoms with Crippen molar-refractivity contribution in [3.8, 4) is 0 Å². The van der Waals surface area contributed by atoms with Gasteiger partial charge in [-0.3, -0.25) is 4.79 Å². The standard InChI is InChI=1S/C18H20BFN2O4/c20-14-9-12-8-11(4-3-6-19(25)26)17(18(23)24)13(12)10-15(14)22-16-5-1-2-7-21-16/h1-2,5,7,9-11,17,25-26H,3-4,6,8H2,(H,21,22)(H,23,24)/t11-,17-/m0/s1. The van der Waals surface area contributed by atoms with Crippen LogP contribution in [0.3, 0.4) is 0 Å². The molecule has 6 nitrogen and oxygen atoms in total. The number of fused-ring (bicyclic) bond motifs is 1. The SMILES string of the molecule is O=C(O)[C@@H]1c2cc(Nc3ccccn3)c(F)cc2C[C@@H]1CCCB(O)O. The van der Waals surface area contributed by atoms with E-state index in [1.807, 2.05) is 0 Å². The van der Waals surface area contributed by atoms with E-state index in [0.717, 1.165) is 0 Å². The van der Waals surface area contributed by atoms with E-state index in [-0.39, 0.29) is 17.9 Å². The normalized spacial score (nSPS) is 18.4. The molecule has 136 valence electrons. The fraction of sp³-hybridized carbons (Fsp3) is 0.333. The zero-order valence-corrected chi connectivity index (χ0v) is 14.1. The van der Waals surface area contributed by atoms with E-state index in [1.165, 1.54) is 6.07 Å². The number of nitrogens with zero attached hydrogens (tertiary/aromatic N) is 1. The maximum Gasteiger partial charge on any atom is 0.451 e. The molecular weight excluding hydrogens is 338 g/mol. The van der Waals surface area contributed by atoms with Gasteiger partial charge in [-0.25, -0.2) is 9.37 Å². The van der Waals surface area contributed by atoms with Gasteiger partial charge in [-0.1, -0.05) is 12.5 Å². The van der Waals surface area contributed by atoms with Gasteiger partial charge < -0.3 is 20.5 Å². The predicted octanol–water partition coefficient (Wildman–Crippen LogP) is 2.56. The Morgan fingerprint density at radius 3 is 2.81 bits per heavy atom. The second kappa shape index (κ2) is 7.84. The van der Waals surface area contributed by atoms with Crippen molar-refractivity contribution in [3.63, 3.8) is 0 Å². The molecule has 2 atom stereocenters. The van der Waals surface area contributed by atoms with E-state index in [9.17, 15) is 14.3 Å². The zero-order valence-electron chi connectivity index (χ0n) is 14.1. The number of hydrogen-bond acceptors (Lipinski definition) is 5. The number of pyridine rings is 1. The fourth-order valence-electron chi connectivity index (χ4n) is 3.59. The monoisotopic (exact) mass is 358 g/mol. The van der Waals surface area contributed by atoms with Crippen LogP contribution in [0.15, 0.2) is 36.5 Å². The molecule has 0 unspecified atom stereocenters. The van der Waals surface area contributed by atoms with Crippen LogP contribution in [-0.4, -0.2) is 33.2 Å². The highest BCUT2D eigenvalue weighted by Gasteiger charge is 2.38. The molecule has 26 heavy (non-hydrogen) atoms. The number of hydrogen-bond donors (Lipinski definition) is 4. The van der Waals surface area contributed by atoms with Crippen molar-refractivity contribution >= 4 is 24.6 Å². The Balaban J connectivity index is 1.84. The number of halogens is 1. The summed E-state index contributed by atoms with van der Waals surface area (Å²) >= 11 is 0. The molecule has 1 aliphatic carbocycles. The molecule has 0 bridgehead atoms. The van der Waals surface area contributed by atoms with Gasteiger partial charge in [0.2, 0.25) is 0 Å². The third-order valence-corrected chi connectivity index (χ3v) is 4.75. The van der Waals surface area contributed by atoms with Gasteiger partial charge in [0, 0.05) is 6.20 Å². The number of benzene rings is 1. The molecule has 1 aromatic heterocycles. The molecule has 4 N–H and O–H groups in total. The minimum Gasteiger partial charge on any atom is -0.481 e. The summed E-state index contributed by atoms with van der Waals surface area (Å²) in [5, 5.41) is 30.5. The average molecular weight is 358 g/mol. The first kappa shape index (κ1) is 18.3. The van der Waals surface area contributed by atoms with Crippen LogP contribution in [0.2, 0.25) is 6.32 Å². The molecule has 1 heterocycles. The van der Waals surface area contributed by atoms with E-state index in [0.29, 0.717) is 36.2 Å². The minimum absolute atomic E-state index is 0.189. The maximum atomic E-state index is 14.4. The molecule has 0 spiro atoms. The highest BCUT2D eigenvalue weighted by Crippen LogP contribution is 2.43. The number of carboxylic acid groups (broad SMARTS) is 1. The number of nitrogens with one attached hydrogen (secondary N) is 1. The van der Waals surface area contributed by atoms with Crippen LogP contribution < -0.4 is 5.32 Å². The van der Waals surface area contributed by atoms with Crippen molar-refractivity contribution in [2.45, 2.75) is 31.5 Å². The first-order valence-corrected chi connectivity index (χ1v) is 8.55. The Labute approximate surface area is 150 Å². The lowest BCUT2D eigenvalue weighted by molar-refractivity contribution is -0.139. The van der Waals surface area contributed by atoms with Gasteiger partial charge in [0.15, 0.2) is 0 Å². The largest absolute Gasteiger partial charge is 0.481 e. The van der Waals surface area contributed by atoms with Crippen LogP contribution in [-0.2, 0) is 11.2 Å². The van der Waals surface area contributed by atoms with E-state index in [1.54, 1.807) is 30.5 Å². The molecule has 0 amide bonds. The summed E-state index contributed by atoms with van der Waals surface area (Å²) in [7, 11) is -1.39. The number of carbonyl (C=O) groups is 1. The lowest BCUT2D eigenvalue weighted by atomic mass is 9.80. The molecule has 1 aromatic carbocycles. The van der Waals surface area contributed by atoms with Crippen LogP contribution in [0.25, 0.3) is 0 Å². The summed E-state index contributed by atoms with van der Waals surface area (Å²) < 4.78 is 14.4. The third-order valence-electron chi connectivity index (χ3n) is 4.75. The van der Waals surface area contributed by atoms with Crippen molar-refractivity contribution in [2.75, 3.05) is 5.32 Å². The second-order valence-corrected chi connectivity index (χ2v) is 6.56. The molecule has 0 saturated heterocycles. The van der Waals surface area contributed by atoms with Crippen LogP contribution in [0.4, 0.5) is 15.9 Å².